The van der Waals surface area contributed by atoms with Gasteiger partial charge >= 0.3 is 5.97 Å². The van der Waals surface area contributed by atoms with E-state index < -0.39 is 18.1 Å². The summed E-state index contributed by atoms with van der Waals surface area (Å²) in [7, 11) is 0. The van der Waals surface area contributed by atoms with Crippen LogP contribution in [0.15, 0.2) is 24.3 Å². The second-order valence-corrected chi connectivity index (χ2v) is 4.83. The second kappa shape index (κ2) is 3.81. The van der Waals surface area contributed by atoms with Crippen LogP contribution in [0.5, 0.6) is 0 Å². The Labute approximate surface area is 104 Å². The van der Waals surface area contributed by atoms with Gasteiger partial charge in [0.05, 0.1) is 5.92 Å². The van der Waals surface area contributed by atoms with Gasteiger partial charge in [-0.1, -0.05) is 18.2 Å². The fourth-order valence-corrected chi connectivity index (χ4v) is 2.70. The number of hydrogen-bond donors (Lipinski definition) is 2. The van der Waals surface area contributed by atoms with Crippen molar-refractivity contribution in [3.8, 4) is 0 Å². The van der Waals surface area contributed by atoms with E-state index in [4.69, 9.17) is 5.11 Å². The summed E-state index contributed by atoms with van der Waals surface area (Å²) in [6.45, 7) is 0. The standard InChI is InChI=1S/C13H13NO4/c15-11-9-3-1-2-4-10(9)12(16)14(11)8-5-7(6-8)13(17)18/h1-4,7-8,11,15H,5-6H2,(H,17,18)/t7-,8-,11?. The maximum atomic E-state index is 12.1. The minimum atomic E-state index is -0.937. The number of carboxylic acids is 1. The van der Waals surface area contributed by atoms with Crippen LogP contribution in [-0.4, -0.2) is 33.0 Å². The number of nitrogens with zero attached hydrogens (tertiary/aromatic N) is 1. The van der Waals surface area contributed by atoms with Crippen LogP contribution in [0, 0.1) is 5.92 Å². The third kappa shape index (κ3) is 1.44. The van der Waals surface area contributed by atoms with Gasteiger partial charge in [-0.25, -0.2) is 0 Å². The van der Waals surface area contributed by atoms with Gasteiger partial charge in [-0.15, -0.1) is 0 Å². The lowest BCUT2D eigenvalue weighted by Gasteiger charge is -2.40. The van der Waals surface area contributed by atoms with Crippen LogP contribution in [0.1, 0.15) is 35.0 Å². The first-order valence-electron chi connectivity index (χ1n) is 5.92. The molecule has 1 aliphatic heterocycles. The van der Waals surface area contributed by atoms with E-state index in [9.17, 15) is 14.7 Å². The Kier molecular flexibility index (Phi) is 2.38. The first-order chi connectivity index (χ1) is 8.59. The molecule has 0 spiro atoms. The molecule has 2 N–H and O–H groups in total. The number of carbonyl (C=O) groups is 2. The lowest BCUT2D eigenvalue weighted by molar-refractivity contribution is -0.148. The Morgan fingerprint density at radius 3 is 2.56 bits per heavy atom. The molecule has 1 aromatic carbocycles. The number of amides is 1. The summed E-state index contributed by atoms with van der Waals surface area (Å²) < 4.78 is 0. The van der Waals surface area contributed by atoms with E-state index in [1.165, 1.54) is 4.90 Å². The fraction of sp³-hybridized carbons (Fsp3) is 0.385. The van der Waals surface area contributed by atoms with Gasteiger partial charge in [-0.2, -0.15) is 0 Å². The molecule has 18 heavy (non-hydrogen) atoms. The number of fused-ring (bicyclic) bond motifs is 1. The summed E-state index contributed by atoms with van der Waals surface area (Å²) >= 11 is 0. The SMILES string of the molecule is O=C1c2ccccc2C(O)N1[C@H]1C[C@H](C(=O)O)C1. The predicted molar refractivity (Wildman–Crippen MR) is 61.7 cm³/mol. The van der Waals surface area contributed by atoms with Gasteiger partial charge in [0, 0.05) is 17.2 Å². The number of carboxylic acid groups (broad SMARTS) is 1. The van der Waals surface area contributed by atoms with Crippen LogP contribution in [0.2, 0.25) is 0 Å². The molecule has 1 atom stereocenters. The maximum absolute atomic E-state index is 12.1. The quantitative estimate of drug-likeness (QED) is 0.817. The minimum absolute atomic E-state index is 0.166. The molecule has 2 aliphatic rings. The molecule has 5 nitrogen and oxygen atoms in total. The molecule has 94 valence electrons. The highest BCUT2D eigenvalue weighted by Gasteiger charge is 2.46. The van der Waals surface area contributed by atoms with Crippen LogP contribution >= 0.6 is 0 Å². The van der Waals surface area contributed by atoms with E-state index in [1.807, 2.05) is 0 Å². The van der Waals surface area contributed by atoms with Crippen LogP contribution < -0.4 is 0 Å². The van der Waals surface area contributed by atoms with Crippen molar-refractivity contribution < 1.29 is 19.8 Å². The first-order valence-corrected chi connectivity index (χ1v) is 5.92. The van der Waals surface area contributed by atoms with Crippen molar-refractivity contribution in [3.05, 3.63) is 35.4 Å². The number of rotatable bonds is 2. The van der Waals surface area contributed by atoms with Crippen molar-refractivity contribution >= 4 is 11.9 Å². The Bertz CT molecular complexity index is 521. The molecule has 1 amide bonds. The van der Waals surface area contributed by atoms with Crippen molar-refractivity contribution in [1.82, 2.24) is 4.90 Å². The summed E-state index contributed by atoms with van der Waals surface area (Å²) in [5.74, 6) is -1.42. The molecule has 0 aromatic heterocycles. The third-order valence-electron chi connectivity index (χ3n) is 3.82. The molecular weight excluding hydrogens is 234 g/mol. The Balaban J connectivity index is 1.81. The van der Waals surface area contributed by atoms with E-state index >= 15 is 0 Å². The monoisotopic (exact) mass is 247 g/mol. The van der Waals surface area contributed by atoms with E-state index in [2.05, 4.69) is 0 Å². The molecule has 1 saturated carbocycles. The number of aliphatic hydroxyl groups is 1. The minimum Gasteiger partial charge on any atom is -0.481 e. The van der Waals surface area contributed by atoms with Crippen molar-refractivity contribution in [1.29, 1.82) is 0 Å². The topological polar surface area (TPSA) is 77.8 Å². The molecule has 3 rings (SSSR count). The Hall–Kier alpha value is -1.88. The molecule has 1 aliphatic carbocycles. The van der Waals surface area contributed by atoms with Crippen LogP contribution in [0.4, 0.5) is 0 Å². The maximum Gasteiger partial charge on any atom is 0.306 e. The van der Waals surface area contributed by atoms with Crippen LogP contribution in [0.25, 0.3) is 0 Å². The van der Waals surface area contributed by atoms with Gasteiger partial charge in [-0.05, 0) is 18.9 Å². The highest BCUT2D eigenvalue weighted by molar-refractivity contribution is 5.99. The smallest absolute Gasteiger partial charge is 0.306 e. The normalized spacial score (nSPS) is 29.9. The van der Waals surface area contributed by atoms with E-state index in [0.717, 1.165) is 0 Å². The zero-order chi connectivity index (χ0) is 12.9. The van der Waals surface area contributed by atoms with Gasteiger partial charge in [0.2, 0.25) is 0 Å². The number of aliphatic hydroxyl groups excluding tert-OH is 1. The molecule has 0 saturated heterocycles. The number of hydrogen-bond acceptors (Lipinski definition) is 3. The lowest BCUT2D eigenvalue weighted by atomic mass is 9.79. The van der Waals surface area contributed by atoms with E-state index in [1.54, 1.807) is 24.3 Å². The van der Waals surface area contributed by atoms with Crippen molar-refractivity contribution in [2.24, 2.45) is 5.92 Å². The summed E-state index contributed by atoms with van der Waals surface area (Å²) in [5, 5.41) is 19.0. The molecule has 1 heterocycles. The second-order valence-electron chi connectivity index (χ2n) is 4.83. The average molecular weight is 247 g/mol. The fourth-order valence-electron chi connectivity index (χ4n) is 2.70. The van der Waals surface area contributed by atoms with E-state index in [-0.39, 0.29) is 11.9 Å². The highest BCUT2D eigenvalue weighted by Crippen LogP contribution is 2.41. The Morgan fingerprint density at radius 1 is 1.28 bits per heavy atom. The van der Waals surface area contributed by atoms with Crippen molar-refractivity contribution in [2.75, 3.05) is 0 Å². The van der Waals surface area contributed by atoms with Crippen molar-refractivity contribution in [3.63, 3.8) is 0 Å². The lowest BCUT2D eigenvalue weighted by Crippen LogP contribution is -2.48. The largest absolute Gasteiger partial charge is 0.481 e. The molecule has 0 bridgehead atoms. The van der Waals surface area contributed by atoms with Crippen molar-refractivity contribution in [2.45, 2.75) is 25.1 Å². The zero-order valence-electron chi connectivity index (χ0n) is 9.61. The van der Waals surface area contributed by atoms with Gasteiger partial charge < -0.3 is 15.1 Å². The van der Waals surface area contributed by atoms with Crippen LogP contribution in [-0.2, 0) is 4.79 Å². The molecule has 1 aromatic rings. The Morgan fingerprint density at radius 2 is 1.94 bits per heavy atom. The zero-order valence-corrected chi connectivity index (χ0v) is 9.61. The summed E-state index contributed by atoms with van der Waals surface area (Å²) in [4.78, 5) is 24.3. The summed E-state index contributed by atoms with van der Waals surface area (Å²) in [6, 6.07) is 6.79. The average Bonchev–Trinajstić information content (AvgIpc) is 2.53. The van der Waals surface area contributed by atoms with Gasteiger partial charge in [0.25, 0.3) is 5.91 Å². The summed E-state index contributed by atoms with van der Waals surface area (Å²) in [6.07, 6.45) is -0.0911. The van der Waals surface area contributed by atoms with E-state index in [0.29, 0.717) is 24.0 Å². The molecular formula is C13H13NO4. The molecule has 1 unspecified atom stereocenters. The highest BCUT2D eigenvalue weighted by atomic mass is 16.4. The summed E-state index contributed by atoms with van der Waals surface area (Å²) in [5.41, 5.74) is 1.13. The third-order valence-corrected chi connectivity index (χ3v) is 3.82. The number of aliphatic carboxylic acids is 1. The number of benzene rings is 1. The van der Waals surface area contributed by atoms with Gasteiger partial charge in [0.15, 0.2) is 6.23 Å². The van der Waals surface area contributed by atoms with Gasteiger partial charge in [-0.3, -0.25) is 9.59 Å². The first kappa shape index (κ1) is 11.2. The predicted octanol–water partition coefficient (Wildman–Crippen LogP) is 0.996. The van der Waals surface area contributed by atoms with Crippen LogP contribution in [0.3, 0.4) is 0 Å². The number of carbonyl (C=O) groups excluding carboxylic acids is 1. The molecule has 1 fully saturated rings. The van der Waals surface area contributed by atoms with Gasteiger partial charge in [0.1, 0.15) is 0 Å². The molecule has 5 heteroatoms. The molecule has 0 radical (unpaired) electrons.